The third-order valence-corrected chi connectivity index (χ3v) is 1.70. The molecule has 0 aliphatic heterocycles. The van der Waals surface area contributed by atoms with Crippen molar-refractivity contribution >= 4 is 5.91 Å². The fourth-order valence-corrected chi connectivity index (χ4v) is 1.14. The third-order valence-electron chi connectivity index (χ3n) is 1.70. The summed E-state index contributed by atoms with van der Waals surface area (Å²) in [5, 5.41) is 11.9. The van der Waals surface area contributed by atoms with Gasteiger partial charge in [0.15, 0.2) is 0 Å². The molecule has 1 aromatic carbocycles. The van der Waals surface area contributed by atoms with E-state index in [9.17, 15) is 9.90 Å². The average molecular weight is 193 g/mol. The number of aryl methyl sites for hydroxylation is 1. The van der Waals surface area contributed by atoms with Gasteiger partial charge in [0.25, 0.3) is 5.91 Å². The SMILES string of the molecule is Cc1cccc(C(=O)NC(C)(C)O)c1. The maximum atomic E-state index is 11.5. The fourth-order valence-electron chi connectivity index (χ4n) is 1.14. The number of benzene rings is 1. The molecule has 76 valence electrons. The molecule has 0 saturated heterocycles. The monoisotopic (exact) mass is 193 g/mol. The molecular weight excluding hydrogens is 178 g/mol. The Morgan fingerprint density at radius 1 is 1.43 bits per heavy atom. The molecule has 0 aliphatic carbocycles. The number of amides is 1. The van der Waals surface area contributed by atoms with E-state index >= 15 is 0 Å². The molecule has 3 nitrogen and oxygen atoms in total. The molecule has 2 N–H and O–H groups in total. The van der Waals surface area contributed by atoms with Gasteiger partial charge in [0.2, 0.25) is 0 Å². The maximum Gasteiger partial charge on any atom is 0.253 e. The summed E-state index contributed by atoms with van der Waals surface area (Å²) in [5.74, 6) is -0.263. The van der Waals surface area contributed by atoms with Gasteiger partial charge in [-0.15, -0.1) is 0 Å². The highest BCUT2D eigenvalue weighted by atomic mass is 16.3. The normalized spacial score (nSPS) is 11.1. The summed E-state index contributed by atoms with van der Waals surface area (Å²) in [6.07, 6.45) is 0. The van der Waals surface area contributed by atoms with Crippen LogP contribution in [0, 0.1) is 6.92 Å². The zero-order valence-corrected chi connectivity index (χ0v) is 8.66. The lowest BCUT2D eigenvalue weighted by Crippen LogP contribution is -2.43. The Morgan fingerprint density at radius 2 is 2.07 bits per heavy atom. The molecule has 1 rings (SSSR count). The van der Waals surface area contributed by atoms with Crippen LogP contribution in [0.2, 0.25) is 0 Å². The first-order valence-corrected chi connectivity index (χ1v) is 4.50. The van der Waals surface area contributed by atoms with Crippen LogP contribution in [0.5, 0.6) is 0 Å². The van der Waals surface area contributed by atoms with Gasteiger partial charge >= 0.3 is 0 Å². The van der Waals surface area contributed by atoms with Crippen LogP contribution in [0.15, 0.2) is 24.3 Å². The summed E-state index contributed by atoms with van der Waals surface area (Å²) < 4.78 is 0. The Hall–Kier alpha value is -1.35. The summed E-state index contributed by atoms with van der Waals surface area (Å²) >= 11 is 0. The summed E-state index contributed by atoms with van der Waals surface area (Å²) in [7, 11) is 0. The number of nitrogens with one attached hydrogen (secondary N) is 1. The lowest BCUT2D eigenvalue weighted by atomic mass is 10.1. The molecule has 0 aromatic heterocycles. The number of aliphatic hydroxyl groups is 1. The highest BCUT2D eigenvalue weighted by Crippen LogP contribution is 2.05. The minimum absolute atomic E-state index is 0.263. The number of hydrogen-bond donors (Lipinski definition) is 2. The number of rotatable bonds is 2. The Morgan fingerprint density at radius 3 is 2.57 bits per heavy atom. The molecule has 0 saturated carbocycles. The Labute approximate surface area is 83.8 Å². The zero-order chi connectivity index (χ0) is 10.8. The van der Waals surface area contributed by atoms with Crippen molar-refractivity contribution in [2.45, 2.75) is 26.5 Å². The van der Waals surface area contributed by atoms with Crippen LogP contribution in [-0.2, 0) is 0 Å². The molecule has 0 radical (unpaired) electrons. The summed E-state index contributed by atoms with van der Waals surface area (Å²) in [5.41, 5.74) is 0.404. The molecule has 1 amide bonds. The van der Waals surface area contributed by atoms with E-state index < -0.39 is 5.72 Å². The molecule has 0 spiro atoms. The van der Waals surface area contributed by atoms with Crippen LogP contribution in [-0.4, -0.2) is 16.7 Å². The second-order valence-electron chi connectivity index (χ2n) is 3.88. The highest BCUT2D eigenvalue weighted by Gasteiger charge is 2.16. The van der Waals surface area contributed by atoms with Gasteiger partial charge in [-0.25, -0.2) is 0 Å². The standard InChI is InChI=1S/C11H15NO2/c1-8-5-4-6-9(7-8)10(13)12-11(2,3)14/h4-7,14H,1-3H3,(H,12,13). The molecule has 14 heavy (non-hydrogen) atoms. The van der Waals surface area contributed by atoms with Gasteiger partial charge in [0, 0.05) is 5.56 Å². The highest BCUT2D eigenvalue weighted by molar-refractivity contribution is 5.94. The van der Waals surface area contributed by atoms with Gasteiger partial charge in [-0.1, -0.05) is 17.7 Å². The van der Waals surface area contributed by atoms with Crippen LogP contribution >= 0.6 is 0 Å². The summed E-state index contributed by atoms with van der Waals surface area (Å²) in [4.78, 5) is 11.5. The van der Waals surface area contributed by atoms with E-state index in [0.29, 0.717) is 5.56 Å². The molecule has 0 heterocycles. The van der Waals surface area contributed by atoms with Crippen LogP contribution < -0.4 is 5.32 Å². The lowest BCUT2D eigenvalue weighted by molar-refractivity contribution is 0.0376. The van der Waals surface area contributed by atoms with Crippen molar-refractivity contribution in [1.29, 1.82) is 0 Å². The van der Waals surface area contributed by atoms with Gasteiger partial charge in [-0.2, -0.15) is 0 Å². The van der Waals surface area contributed by atoms with E-state index in [4.69, 9.17) is 0 Å². The van der Waals surface area contributed by atoms with Crippen LogP contribution in [0.1, 0.15) is 29.8 Å². The van der Waals surface area contributed by atoms with Crippen LogP contribution in [0.4, 0.5) is 0 Å². The second kappa shape index (κ2) is 3.80. The number of carbonyl (C=O) groups excluding carboxylic acids is 1. The van der Waals surface area contributed by atoms with Crippen LogP contribution in [0.3, 0.4) is 0 Å². The van der Waals surface area contributed by atoms with Crippen molar-refractivity contribution in [3.63, 3.8) is 0 Å². The lowest BCUT2D eigenvalue weighted by Gasteiger charge is -2.19. The second-order valence-corrected chi connectivity index (χ2v) is 3.88. The van der Waals surface area contributed by atoms with Crippen molar-refractivity contribution in [2.24, 2.45) is 0 Å². The zero-order valence-electron chi connectivity index (χ0n) is 8.66. The average Bonchev–Trinajstić information content (AvgIpc) is 2.01. The summed E-state index contributed by atoms with van der Waals surface area (Å²) in [6, 6.07) is 7.23. The van der Waals surface area contributed by atoms with Crippen molar-refractivity contribution in [2.75, 3.05) is 0 Å². The molecular formula is C11H15NO2. The minimum Gasteiger partial charge on any atom is -0.372 e. The Balaban J connectivity index is 2.80. The number of hydrogen-bond acceptors (Lipinski definition) is 2. The Kier molecular flexibility index (Phi) is 2.91. The van der Waals surface area contributed by atoms with E-state index in [-0.39, 0.29) is 5.91 Å². The van der Waals surface area contributed by atoms with Crippen LogP contribution in [0.25, 0.3) is 0 Å². The largest absolute Gasteiger partial charge is 0.372 e. The molecule has 0 unspecified atom stereocenters. The predicted molar refractivity (Wildman–Crippen MR) is 54.9 cm³/mol. The first kappa shape index (κ1) is 10.7. The fraction of sp³-hybridized carbons (Fsp3) is 0.364. The van der Waals surface area contributed by atoms with E-state index in [1.807, 2.05) is 19.1 Å². The maximum absolute atomic E-state index is 11.5. The van der Waals surface area contributed by atoms with E-state index in [1.165, 1.54) is 13.8 Å². The molecule has 3 heteroatoms. The molecule has 0 atom stereocenters. The number of carbonyl (C=O) groups is 1. The van der Waals surface area contributed by atoms with Gasteiger partial charge < -0.3 is 10.4 Å². The van der Waals surface area contributed by atoms with E-state index in [2.05, 4.69) is 5.32 Å². The Bertz CT molecular complexity index is 339. The van der Waals surface area contributed by atoms with E-state index in [1.54, 1.807) is 12.1 Å². The summed E-state index contributed by atoms with van der Waals surface area (Å²) in [6.45, 7) is 4.97. The van der Waals surface area contributed by atoms with Gasteiger partial charge in [0.05, 0.1) is 0 Å². The van der Waals surface area contributed by atoms with Gasteiger partial charge in [-0.05, 0) is 32.9 Å². The first-order chi connectivity index (χ1) is 6.38. The topological polar surface area (TPSA) is 49.3 Å². The smallest absolute Gasteiger partial charge is 0.253 e. The molecule has 0 aliphatic rings. The predicted octanol–water partition coefficient (Wildman–Crippen LogP) is 1.45. The minimum atomic E-state index is -1.18. The quantitative estimate of drug-likeness (QED) is 0.698. The first-order valence-electron chi connectivity index (χ1n) is 4.50. The van der Waals surface area contributed by atoms with Gasteiger partial charge in [-0.3, -0.25) is 4.79 Å². The molecule has 0 bridgehead atoms. The third kappa shape index (κ3) is 3.18. The molecule has 0 fully saturated rings. The van der Waals surface area contributed by atoms with Crippen molar-refractivity contribution in [3.8, 4) is 0 Å². The van der Waals surface area contributed by atoms with Crippen molar-refractivity contribution in [3.05, 3.63) is 35.4 Å². The van der Waals surface area contributed by atoms with Crippen molar-refractivity contribution in [1.82, 2.24) is 5.32 Å². The van der Waals surface area contributed by atoms with E-state index in [0.717, 1.165) is 5.56 Å². The van der Waals surface area contributed by atoms with Gasteiger partial charge in [0.1, 0.15) is 5.72 Å². The van der Waals surface area contributed by atoms with Crippen molar-refractivity contribution < 1.29 is 9.90 Å². The molecule has 1 aromatic rings.